The molecule has 0 saturated carbocycles. The van der Waals surface area contributed by atoms with Gasteiger partial charge in [0.05, 0.1) is 12.8 Å². The maximum absolute atomic E-state index is 11.3. The lowest BCUT2D eigenvalue weighted by atomic mass is 10.3. The Kier molecular flexibility index (Phi) is 2.60. The van der Waals surface area contributed by atoms with Crippen molar-refractivity contribution in [1.29, 1.82) is 0 Å². The van der Waals surface area contributed by atoms with Crippen LogP contribution in [0.2, 0.25) is 0 Å². The lowest BCUT2D eigenvalue weighted by Gasteiger charge is -1.98. The average molecular weight is 219 g/mol. The third-order valence-electron chi connectivity index (χ3n) is 2.53. The summed E-state index contributed by atoms with van der Waals surface area (Å²) in [6.07, 6.45) is 0. The van der Waals surface area contributed by atoms with E-state index in [1.165, 1.54) is 7.11 Å². The number of aromatic nitrogens is 3. The van der Waals surface area contributed by atoms with Gasteiger partial charge in [-0.1, -0.05) is 0 Å². The molecule has 2 aromatic heterocycles. The highest BCUT2D eigenvalue weighted by molar-refractivity contribution is 5.90. The zero-order valence-electron chi connectivity index (χ0n) is 9.52. The second-order valence-electron chi connectivity index (χ2n) is 3.46. The maximum atomic E-state index is 11.3. The summed E-state index contributed by atoms with van der Waals surface area (Å²) in [5.74, 6) is -0.425. The van der Waals surface area contributed by atoms with Gasteiger partial charge >= 0.3 is 5.97 Å². The van der Waals surface area contributed by atoms with Crippen molar-refractivity contribution in [2.24, 2.45) is 0 Å². The van der Waals surface area contributed by atoms with E-state index in [0.717, 1.165) is 23.3 Å². The third kappa shape index (κ3) is 1.54. The molecule has 16 heavy (non-hydrogen) atoms. The smallest absolute Gasteiger partial charge is 0.356 e. The molecular weight excluding hydrogens is 206 g/mol. The lowest BCUT2D eigenvalue weighted by Crippen LogP contribution is -2.03. The van der Waals surface area contributed by atoms with E-state index in [4.69, 9.17) is 0 Å². The minimum absolute atomic E-state index is 0.314. The molecule has 0 saturated heterocycles. The van der Waals surface area contributed by atoms with Crippen LogP contribution in [0.3, 0.4) is 0 Å². The zero-order chi connectivity index (χ0) is 11.7. The van der Waals surface area contributed by atoms with Gasteiger partial charge in [-0.2, -0.15) is 5.10 Å². The zero-order valence-corrected chi connectivity index (χ0v) is 9.52. The van der Waals surface area contributed by atoms with Crippen molar-refractivity contribution in [3.8, 4) is 0 Å². The lowest BCUT2D eigenvalue weighted by molar-refractivity contribution is 0.0594. The van der Waals surface area contributed by atoms with Crippen LogP contribution in [0.25, 0.3) is 11.0 Å². The number of hydrogen-bond donors (Lipinski definition) is 0. The highest BCUT2D eigenvalue weighted by atomic mass is 16.5. The Morgan fingerprint density at radius 3 is 2.88 bits per heavy atom. The number of fused-ring (bicyclic) bond motifs is 1. The first-order chi connectivity index (χ1) is 7.67. The molecule has 0 spiro atoms. The van der Waals surface area contributed by atoms with Gasteiger partial charge in [-0.3, -0.25) is 4.68 Å². The largest absolute Gasteiger partial charge is 0.464 e. The number of pyridine rings is 1. The van der Waals surface area contributed by atoms with Crippen LogP contribution in [0.5, 0.6) is 0 Å². The number of rotatable bonds is 2. The van der Waals surface area contributed by atoms with Crippen LogP contribution in [0.1, 0.15) is 23.1 Å². The fraction of sp³-hybridized carbons (Fsp3) is 0.364. The molecule has 5 heteroatoms. The van der Waals surface area contributed by atoms with Gasteiger partial charge in [0.25, 0.3) is 0 Å². The number of aryl methyl sites for hydroxylation is 2. The molecule has 0 bridgehead atoms. The first-order valence-corrected chi connectivity index (χ1v) is 5.09. The summed E-state index contributed by atoms with van der Waals surface area (Å²) in [5.41, 5.74) is 2.83. The maximum Gasteiger partial charge on any atom is 0.356 e. The average Bonchev–Trinajstić information content (AvgIpc) is 2.64. The van der Waals surface area contributed by atoms with Crippen molar-refractivity contribution in [2.75, 3.05) is 7.11 Å². The summed E-state index contributed by atoms with van der Waals surface area (Å²) in [6.45, 7) is 4.74. The van der Waals surface area contributed by atoms with Crippen molar-refractivity contribution in [3.63, 3.8) is 0 Å². The summed E-state index contributed by atoms with van der Waals surface area (Å²) >= 11 is 0. The highest BCUT2D eigenvalue weighted by Gasteiger charge is 2.12. The molecule has 0 aliphatic heterocycles. The molecule has 2 rings (SSSR count). The monoisotopic (exact) mass is 219 g/mol. The Labute approximate surface area is 93.0 Å². The molecule has 0 atom stereocenters. The highest BCUT2D eigenvalue weighted by Crippen LogP contribution is 2.16. The van der Waals surface area contributed by atoms with E-state index in [1.807, 2.05) is 18.5 Å². The van der Waals surface area contributed by atoms with Crippen LogP contribution in [-0.4, -0.2) is 27.8 Å². The van der Waals surface area contributed by atoms with Crippen molar-refractivity contribution in [3.05, 3.63) is 23.5 Å². The van der Waals surface area contributed by atoms with Crippen LogP contribution >= 0.6 is 0 Å². The van der Waals surface area contributed by atoms with Crippen molar-refractivity contribution >= 4 is 17.0 Å². The van der Waals surface area contributed by atoms with Crippen molar-refractivity contribution < 1.29 is 9.53 Å². The molecule has 0 unspecified atom stereocenters. The SMILES string of the molecule is CCn1nc2ccc(C(=O)OC)nc2c1C. The molecule has 0 radical (unpaired) electrons. The van der Waals surface area contributed by atoms with Gasteiger partial charge in [-0.25, -0.2) is 9.78 Å². The Hall–Kier alpha value is -1.91. The number of nitrogens with zero attached hydrogens (tertiary/aromatic N) is 3. The van der Waals surface area contributed by atoms with Crippen LogP contribution in [-0.2, 0) is 11.3 Å². The summed E-state index contributed by atoms with van der Waals surface area (Å²) in [7, 11) is 1.34. The van der Waals surface area contributed by atoms with Gasteiger partial charge in [0.1, 0.15) is 16.7 Å². The fourth-order valence-corrected chi connectivity index (χ4v) is 1.65. The van der Waals surface area contributed by atoms with Crippen LogP contribution in [0.4, 0.5) is 0 Å². The first kappa shape index (κ1) is 10.6. The Balaban J connectivity index is 2.61. The van der Waals surface area contributed by atoms with Gasteiger partial charge in [0.2, 0.25) is 0 Å². The number of hydrogen-bond acceptors (Lipinski definition) is 4. The van der Waals surface area contributed by atoms with Crippen LogP contribution < -0.4 is 0 Å². The van der Waals surface area contributed by atoms with Crippen LogP contribution in [0.15, 0.2) is 12.1 Å². The number of methoxy groups -OCH3 is 1. The van der Waals surface area contributed by atoms with Gasteiger partial charge in [0, 0.05) is 6.54 Å². The van der Waals surface area contributed by atoms with E-state index < -0.39 is 5.97 Å². The predicted octanol–water partition coefficient (Wildman–Crippen LogP) is 1.55. The third-order valence-corrected chi connectivity index (χ3v) is 2.53. The molecule has 84 valence electrons. The van der Waals surface area contributed by atoms with E-state index in [1.54, 1.807) is 12.1 Å². The molecular formula is C11H13N3O2. The molecule has 0 fully saturated rings. The molecule has 0 aliphatic carbocycles. The van der Waals surface area contributed by atoms with Crippen molar-refractivity contribution in [1.82, 2.24) is 14.8 Å². The number of carbonyl (C=O) groups is 1. The molecule has 0 aromatic carbocycles. The van der Waals surface area contributed by atoms with E-state index in [2.05, 4.69) is 14.8 Å². The molecule has 0 aliphatic rings. The first-order valence-electron chi connectivity index (χ1n) is 5.09. The van der Waals surface area contributed by atoms with Gasteiger partial charge in [-0.15, -0.1) is 0 Å². The van der Waals surface area contributed by atoms with Gasteiger partial charge in [-0.05, 0) is 26.0 Å². The minimum atomic E-state index is -0.425. The quantitative estimate of drug-likeness (QED) is 0.719. The second-order valence-corrected chi connectivity index (χ2v) is 3.46. The fourth-order valence-electron chi connectivity index (χ4n) is 1.65. The Morgan fingerprint density at radius 2 is 2.25 bits per heavy atom. The Bertz CT molecular complexity index is 545. The molecule has 5 nitrogen and oxygen atoms in total. The summed E-state index contributed by atoms with van der Waals surface area (Å²) in [5, 5.41) is 4.36. The summed E-state index contributed by atoms with van der Waals surface area (Å²) in [6, 6.07) is 3.41. The van der Waals surface area contributed by atoms with E-state index in [-0.39, 0.29) is 0 Å². The number of carbonyl (C=O) groups excluding carboxylic acids is 1. The Morgan fingerprint density at radius 1 is 1.50 bits per heavy atom. The standard InChI is InChI=1S/C11H13N3O2/c1-4-14-7(2)10-8(13-14)5-6-9(12-10)11(15)16-3/h5-6H,4H2,1-3H3. The van der Waals surface area contributed by atoms with Crippen molar-refractivity contribution in [2.45, 2.75) is 20.4 Å². The molecule has 2 heterocycles. The minimum Gasteiger partial charge on any atom is -0.464 e. The number of ether oxygens (including phenoxy) is 1. The summed E-state index contributed by atoms with van der Waals surface area (Å²) < 4.78 is 6.49. The predicted molar refractivity (Wildman–Crippen MR) is 59.3 cm³/mol. The summed E-state index contributed by atoms with van der Waals surface area (Å²) in [4.78, 5) is 15.6. The molecule has 0 amide bonds. The second kappa shape index (κ2) is 3.92. The van der Waals surface area contributed by atoms with Gasteiger partial charge in [0.15, 0.2) is 0 Å². The van der Waals surface area contributed by atoms with E-state index >= 15 is 0 Å². The van der Waals surface area contributed by atoms with E-state index in [9.17, 15) is 4.79 Å². The van der Waals surface area contributed by atoms with Crippen LogP contribution in [0, 0.1) is 6.92 Å². The normalized spacial score (nSPS) is 10.7. The van der Waals surface area contributed by atoms with Gasteiger partial charge < -0.3 is 4.74 Å². The molecule has 2 aromatic rings. The number of esters is 1. The van der Waals surface area contributed by atoms with E-state index in [0.29, 0.717) is 5.69 Å². The molecule has 0 N–H and O–H groups in total. The topological polar surface area (TPSA) is 57.0 Å².